The van der Waals surface area contributed by atoms with Gasteiger partial charge < -0.3 is 0 Å². The minimum atomic E-state index is -0.376. The molecular formula is C15H8BrClFN3. The van der Waals surface area contributed by atoms with E-state index in [1.165, 1.54) is 6.07 Å². The van der Waals surface area contributed by atoms with Gasteiger partial charge in [0.1, 0.15) is 11.6 Å². The standard InChI is InChI=1S/C15H8BrClFN3/c16-11-5-14-13(6-12(11)18)20-15(7-17)21(14)10-3-1-2-9(4-10)8-19/h1-6H,7H2. The van der Waals surface area contributed by atoms with Gasteiger partial charge in [-0.15, -0.1) is 11.6 Å². The predicted molar refractivity (Wildman–Crippen MR) is 83.0 cm³/mol. The molecule has 0 radical (unpaired) electrons. The Morgan fingerprint density at radius 3 is 2.86 bits per heavy atom. The first kappa shape index (κ1) is 14.1. The van der Waals surface area contributed by atoms with E-state index in [1.54, 1.807) is 24.3 Å². The van der Waals surface area contributed by atoms with Crippen molar-refractivity contribution in [3.8, 4) is 11.8 Å². The Morgan fingerprint density at radius 2 is 2.14 bits per heavy atom. The Kier molecular flexibility index (Phi) is 3.66. The number of aromatic nitrogens is 2. The van der Waals surface area contributed by atoms with Gasteiger partial charge in [0.25, 0.3) is 0 Å². The largest absolute Gasteiger partial charge is 0.295 e. The zero-order valence-corrected chi connectivity index (χ0v) is 13.0. The first-order chi connectivity index (χ1) is 10.1. The van der Waals surface area contributed by atoms with Gasteiger partial charge in [0.15, 0.2) is 0 Å². The van der Waals surface area contributed by atoms with Crippen molar-refractivity contribution < 1.29 is 4.39 Å². The van der Waals surface area contributed by atoms with Crippen LogP contribution in [-0.4, -0.2) is 9.55 Å². The summed E-state index contributed by atoms with van der Waals surface area (Å²) in [6, 6.07) is 12.2. The highest BCUT2D eigenvalue weighted by Crippen LogP contribution is 2.27. The fraction of sp³-hybridized carbons (Fsp3) is 0.0667. The van der Waals surface area contributed by atoms with Crippen LogP contribution in [0.5, 0.6) is 0 Å². The number of imidazole rings is 1. The summed E-state index contributed by atoms with van der Waals surface area (Å²) in [7, 11) is 0. The maximum Gasteiger partial charge on any atom is 0.139 e. The van der Waals surface area contributed by atoms with Crippen LogP contribution in [0.1, 0.15) is 11.4 Å². The zero-order valence-electron chi connectivity index (χ0n) is 10.6. The Hall–Kier alpha value is -1.90. The van der Waals surface area contributed by atoms with Crippen LogP contribution in [0.2, 0.25) is 0 Å². The predicted octanol–water partition coefficient (Wildman–Crippen LogP) is 4.54. The molecule has 3 rings (SSSR count). The second-order valence-electron chi connectivity index (χ2n) is 4.41. The Bertz CT molecular complexity index is 882. The molecule has 0 saturated heterocycles. The number of fused-ring (bicyclic) bond motifs is 1. The molecule has 6 heteroatoms. The van der Waals surface area contributed by atoms with Crippen molar-refractivity contribution in [3.63, 3.8) is 0 Å². The summed E-state index contributed by atoms with van der Waals surface area (Å²) in [4.78, 5) is 4.35. The van der Waals surface area contributed by atoms with Crippen LogP contribution < -0.4 is 0 Å². The van der Waals surface area contributed by atoms with Crippen molar-refractivity contribution in [3.05, 3.63) is 58.1 Å². The minimum Gasteiger partial charge on any atom is -0.295 e. The number of halogens is 3. The molecule has 0 bridgehead atoms. The highest BCUT2D eigenvalue weighted by Gasteiger charge is 2.14. The summed E-state index contributed by atoms with van der Waals surface area (Å²) in [5.41, 5.74) is 2.56. The molecule has 3 nitrogen and oxygen atoms in total. The molecular weight excluding hydrogens is 357 g/mol. The normalized spacial score (nSPS) is 10.8. The quantitative estimate of drug-likeness (QED) is 0.627. The Morgan fingerprint density at radius 1 is 1.33 bits per heavy atom. The highest BCUT2D eigenvalue weighted by atomic mass is 79.9. The van der Waals surface area contributed by atoms with Gasteiger partial charge in [-0.3, -0.25) is 4.57 Å². The van der Waals surface area contributed by atoms with E-state index in [2.05, 4.69) is 27.0 Å². The number of rotatable bonds is 2. The fourth-order valence-corrected chi connectivity index (χ4v) is 2.73. The second-order valence-corrected chi connectivity index (χ2v) is 5.54. The summed E-state index contributed by atoms with van der Waals surface area (Å²) >= 11 is 9.13. The molecule has 3 aromatic rings. The molecule has 0 spiro atoms. The van der Waals surface area contributed by atoms with Crippen molar-refractivity contribution in [1.82, 2.24) is 9.55 Å². The van der Waals surface area contributed by atoms with Crippen LogP contribution in [0.3, 0.4) is 0 Å². The topological polar surface area (TPSA) is 41.6 Å². The van der Waals surface area contributed by atoms with Crippen molar-refractivity contribution in [2.24, 2.45) is 0 Å². The molecule has 0 fully saturated rings. The number of hydrogen-bond donors (Lipinski definition) is 0. The lowest BCUT2D eigenvalue weighted by Crippen LogP contribution is -1.99. The van der Waals surface area contributed by atoms with Gasteiger partial charge in [-0.25, -0.2) is 9.37 Å². The maximum absolute atomic E-state index is 13.6. The van der Waals surface area contributed by atoms with E-state index >= 15 is 0 Å². The summed E-state index contributed by atoms with van der Waals surface area (Å²) in [6.07, 6.45) is 0. The van der Waals surface area contributed by atoms with Gasteiger partial charge in [0, 0.05) is 11.8 Å². The molecule has 0 N–H and O–H groups in total. The second kappa shape index (κ2) is 5.47. The molecule has 1 heterocycles. The van der Waals surface area contributed by atoms with E-state index < -0.39 is 0 Å². The third-order valence-corrected chi connectivity index (χ3v) is 3.97. The minimum absolute atomic E-state index is 0.185. The number of nitrogens with zero attached hydrogens (tertiary/aromatic N) is 3. The number of benzene rings is 2. The molecule has 0 unspecified atom stereocenters. The molecule has 0 aliphatic heterocycles. The van der Waals surface area contributed by atoms with Crippen LogP contribution in [0, 0.1) is 17.1 Å². The summed E-state index contributed by atoms with van der Waals surface area (Å²) in [5, 5.41) is 9.02. The SMILES string of the molecule is N#Cc1cccc(-n2c(CCl)nc3cc(F)c(Br)cc32)c1. The first-order valence-corrected chi connectivity index (χ1v) is 7.39. The summed E-state index contributed by atoms with van der Waals surface area (Å²) in [6.45, 7) is 0. The lowest BCUT2D eigenvalue weighted by atomic mass is 10.2. The third-order valence-electron chi connectivity index (χ3n) is 3.12. The molecule has 0 amide bonds. The van der Waals surface area contributed by atoms with Gasteiger partial charge in [0.2, 0.25) is 0 Å². The maximum atomic E-state index is 13.6. The summed E-state index contributed by atoms with van der Waals surface area (Å²) < 4.78 is 15.8. The van der Waals surface area contributed by atoms with E-state index in [1.807, 2.05) is 10.6 Å². The zero-order chi connectivity index (χ0) is 15.0. The van der Waals surface area contributed by atoms with Gasteiger partial charge >= 0.3 is 0 Å². The third kappa shape index (κ3) is 2.41. The van der Waals surface area contributed by atoms with Crippen molar-refractivity contribution in [2.75, 3.05) is 0 Å². The number of alkyl halides is 1. The van der Waals surface area contributed by atoms with Gasteiger partial charge in [-0.1, -0.05) is 6.07 Å². The monoisotopic (exact) mass is 363 g/mol. The van der Waals surface area contributed by atoms with E-state index in [0.717, 1.165) is 11.2 Å². The molecule has 2 aromatic carbocycles. The molecule has 0 aliphatic carbocycles. The van der Waals surface area contributed by atoms with Crippen LogP contribution in [0.15, 0.2) is 40.9 Å². The number of hydrogen-bond acceptors (Lipinski definition) is 2. The molecule has 0 aliphatic rings. The lowest BCUT2D eigenvalue weighted by molar-refractivity contribution is 0.623. The number of nitriles is 1. The Balaban J connectivity index is 2.34. The average Bonchev–Trinajstić information content (AvgIpc) is 2.85. The van der Waals surface area contributed by atoms with E-state index in [4.69, 9.17) is 16.9 Å². The first-order valence-electron chi connectivity index (χ1n) is 6.07. The summed E-state index contributed by atoms with van der Waals surface area (Å²) in [5.74, 6) is 0.406. The highest BCUT2D eigenvalue weighted by molar-refractivity contribution is 9.10. The van der Waals surface area contributed by atoms with Crippen molar-refractivity contribution in [2.45, 2.75) is 5.88 Å². The molecule has 0 atom stereocenters. The van der Waals surface area contributed by atoms with Gasteiger partial charge in [-0.2, -0.15) is 5.26 Å². The van der Waals surface area contributed by atoms with E-state index in [-0.39, 0.29) is 11.7 Å². The van der Waals surface area contributed by atoms with Crippen LogP contribution in [0.4, 0.5) is 4.39 Å². The molecule has 1 aromatic heterocycles. The smallest absolute Gasteiger partial charge is 0.139 e. The molecule has 21 heavy (non-hydrogen) atoms. The van der Waals surface area contributed by atoms with Gasteiger partial charge in [0.05, 0.1) is 33.0 Å². The molecule has 104 valence electrons. The lowest BCUT2D eigenvalue weighted by Gasteiger charge is -2.08. The van der Waals surface area contributed by atoms with Crippen molar-refractivity contribution in [1.29, 1.82) is 5.26 Å². The van der Waals surface area contributed by atoms with E-state index in [9.17, 15) is 4.39 Å². The van der Waals surface area contributed by atoms with Crippen LogP contribution in [-0.2, 0) is 5.88 Å². The average molecular weight is 365 g/mol. The fourth-order valence-electron chi connectivity index (χ4n) is 2.21. The Labute approximate surface area is 133 Å². The van der Waals surface area contributed by atoms with Crippen LogP contribution in [0.25, 0.3) is 16.7 Å². The van der Waals surface area contributed by atoms with Gasteiger partial charge in [-0.05, 0) is 40.2 Å². The molecule has 0 saturated carbocycles. The van der Waals surface area contributed by atoms with Crippen LogP contribution >= 0.6 is 27.5 Å². The van der Waals surface area contributed by atoms with Crippen molar-refractivity contribution >= 4 is 38.6 Å². The van der Waals surface area contributed by atoms with E-state index in [0.29, 0.717) is 21.4 Å².